The normalized spacial score (nSPS) is 12.4. The summed E-state index contributed by atoms with van der Waals surface area (Å²) in [6.07, 6.45) is -0.516. The van der Waals surface area contributed by atoms with Crippen LogP contribution in [0.25, 0.3) is 11.3 Å². The topological polar surface area (TPSA) is 86.2 Å². The smallest absolute Gasteiger partial charge is 0.353 e. The summed E-state index contributed by atoms with van der Waals surface area (Å²) in [5.74, 6) is -1.04. The van der Waals surface area contributed by atoms with Crippen molar-refractivity contribution < 1.29 is 15.0 Å². The van der Waals surface area contributed by atoms with Crippen LogP contribution in [0.4, 0.5) is 0 Å². The Kier molecular flexibility index (Phi) is 2.93. The molecule has 0 saturated carbocycles. The summed E-state index contributed by atoms with van der Waals surface area (Å²) in [4.78, 5) is 10.7. The molecule has 0 radical (unpaired) electrons. The summed E-state index contributed by atoms with van der Waals surface area (Å²) in [7, 11) is 0. The zero-order chi connectivity index (χ0) is 12.4. The fourth-order valence-electron chi connectivity index (χ4n) is 1.51. The number of carboxylic acids is 1. The SMILES string of the molecule is CC(O)c1ccc(-c2cc(C(=O)O)[nH]n2)cc1. The van der Waals surface area contributed by atoms with Gasteiger partial charge in [-0.3, -0.25) is 5.10 Å². The molecule has 0 amide bonds. The second-order valence-electron chi connectivity index (χ2n) is 3.77. The van der Waals surface area contributed by atoms with Crippen LogP contribution in [0.15, 0.2) is 30.3 Å². The molecule has 2 aromatic rings. The number of nitrogens with zero attached hydrogens (tertiary/aromatic N) is 1. The average Bonchev–Trinajstić information content (AvgIpc) is 2.78. The van der Waals surface area contributed by atoms with E-state index >= 15 is 0 Å². The van der Waals surface area contributed by atoms with Gasteiger partial charge in [0, 0.05) is 5.56 Å². The molecule has 0 aliphatic rings. The fraction of sp³-hybridized carbons (Fsp3) is 0.167. The molecular formula is C12H12N2O3. The molecule has 88 valence electrons. The average molecular weight is 232 g/mol. The van der Waals surface area contributed by atoms with Gasteiger partial charge < -0.3 is 10.2 Å². The monoisotopic (exact) mass is 232 g/mol. The zero-order valence-corrected chi connectivity index (χ0v) is 9.21. The van der Waals surface area contributed by atoms with Crippen molar-refractivity contribution in [2.24, 2.45) is 0 Å². The van der Waals surface area contributed by atoms with Gasteiger partial charge in [-0.1, -0.05) is 24.3 Å². The molecule has 1 unspecified atom stereocenters. The highest BCUT2D eigenvalue weighted by atomic mass is 16.4. The standard InChI is InChI=1S/C12H12N2O3/c1-7(15)8-2-4-9(5-3-8)10-6-11(12(16)17)14-13-10/h2-7,15H,1H3,(H,13,14)(H,16,17). The summed E-state index contributed by atoms with van der Waals surface area (Å²) in [5, 5.41) is 24.5. The van der Waals surface area contributed by atoms with Gasteiger partial charge in [0.2, 0.25) is 0 Å². The third kappa shape index (κ3) is 2.34. The van der Waals surface area contributed by atoms with E-state index in [1.807, 2.05) is 0 Å². The Bertz CT molecular complexity index is 529. The first kappa shape index (κ1) is 11.3. The van der Waals surface area contributed by atoms with Crippen molar-refractivity contribution in [3.05, 3.63) is 41.6 Å². The predicted molar refractivity (Wildman–Crippen MR) is 61.6 cm³/mol. The number of carboxylic acid groups (broad SMARTS) is 1. The third-order valence-electron chi connectivity index (χ3n) is 2.50. The Hall–Kier alpha value is -2.14. The van der Waals surface area contributed by atoms with Crippen LogP contribution in [0, 0.1) is 0 Å². The number of carbonyl (C=O) groups is 1. The number of aromatic carboxylic acids is 1. The van der Waals surface area contributed by atoms with Crippen LogP contribution in [0.5, 0.6) is 0 Å². The van der Waals surface area contributed by atoms with E-state index in [2.05, 4.69) is 10.2 Å². The molecule has 1 atom stereocenters. The first-order valence-electron chi connectivity index (χ1n) is 5.15. The fourth-order valence-corrected chi connectivity index (χ4v) is 1.51. The van der Waals surface area contributed by atoms with Crippen LogP contribution in [0.2, 0.25) is 0 Å². The van der Waals surface area contributed by atoms with Gasteiger partial charge >= 0.3 is 5.97 Å². The van der Waals surface area contributed by atoms with Crippen molar-refractivity contribution in [2.75, 3.05) is 0 Å². The van der Waals surface area contributed by atoms with Gasteiger partial charge in [-0.2, -0.15) is 5.10 Å². The molecule has 1 aromatic carbocycles. The summed E-state index contributed by atoms with van der Waals surface area (Å²) in [6.45, 7) is 1.69. The molecule has 0 bridgehead atoms. The van der Waals surface area contributed by atoms with Gasteiger partial charge in [0.05, 0.1) is 11.8 Å². The first-order chi connectivity index (χ1) is 8.08. The molecule has 17 heavy (non-hydrogen) atoms. The molecular weight excluding hydrogens is 220 g/mol. The lowest BCUT2D eigenvalue weighted by Gasteiger charge is -2.04. The molecule has 0 saturated heterocycles. The quantitative estimate of drug-likeness (QED) is 0.753. The molecule has 5 heteroatoms. The predicted octanol–water partition coefficient (Wildman–Crippen LogP) is 1.83. The summed E-state index contributed by atoms with van der Waals surface area (Å²) >= 11 is 0. The van der Waals surface area contributed by atoms with Crippen LogP contribution >= 0.6 is 0 Å². The van der Waals surface area contributed by atoms with E-state index in [9.17, 15) is 9.90 Å². The Morgan fingerprint density at radius 1 is 1.35 bits per heavy atom. The minimum Gasteiger partial charge on any atom is -0.477 e. The molecule has 1 aromatic heterocycles. The maximum absolute atomic E-state index is 10.7. The molecule has 0 aliphatic carbocycles. The number of nitrogens with one attached hydrogen (secondary N) is 1. The molecule has 1 heterocycles. The van der Waals surface area contributed by atoms with E-state index in [4.69, 9.17) is 5.11 Å². The van der Waals surface area contributed by atoms with Gasteiger partial charge in [-0.05, 0) is 18.6 Å². The van der Waals surface area contributed by atoms with Gasteiger partial charge in [0.1, 0.15) is 5.69 Å². The molecule has 2 rings (SSSR count). The van der Waals surface area contributed by atoms with Crippen LogP contribution < -0.4 is 0 Å². The van der Waals surface area contributed by atoms with Crippen molar-refractivity contribution in [1.29, 1.82) is 0 Å². The molecule has 0 aliphatic heterocycles. The largest absolute Gasteiger partial charge is 0.477 e. The number of hydrogen-bond donors (Lipinski definition) is 3. The highest BCUT2D eigenvalue weighted by Crippen LogP contribution is 2.20. The minimum atomic E-state index is -1.04. The first-order valence-corrected chi connectivity index (χ1v) is 5.15. The van der Waals surface area contributed by atoms with Crippen LogP contribution in [-0.2, 0) is 0 Å². The van der Waals surface area contributed by atoms with E-state index in [1.54, 1.807) is 31.2 Å². The summed E-state index contributed by atoms with van der Waals surface area (Å²) in [5.41, 5.74) is 2.24. The van der Waals surface area contributed by atoms with Crippen molar-refractivity contribution in [3.63, 3.8) is 0 Å². The number of aliphatic hydroxyl groups excluding tert-OH is 1. The number of aliphatic hydroxyl groups is 1. The third-order valence-corrected chi connectivity index (χ3v) is 2.50. The highest BCUT2D eigenvalue weighted by Gasteiger charge is 2.09. The lowest BCUT2D eigenvalue weighted by molar-refractivity contribution is 0.0690. The minimum absolute atomic E-state index is 0.0552. The Balaban J connectivity index is 2.30. The van der Waals surface area contributed by atoms with Crippen molar-refractivity contribution in [3.8, 4) is 11.3 Å². The van der Waals surface area contributed by atoms with Gasteiger partial charge in [0.25, 0.3) is 0 Å². The van der Waals surface area contributed by atoms with Crippen molar-refractivity contribution in [2.45, 2.75) is 13.0 Å². The number of aromatic amines is 1. The molecule has 5 nitrogen and oxygen atoms in total. The Morgan fingerprint density at radius 3 is 2.47 bits per heavy atom. The Morgan fingerprint density at radius 2 is 2.00 bits per heavy atom. The van der Waals surface area contributed by atoms with Gasteiger partial charge in [0.15, 0.2) is 0 Å². The maximum atomic E-state index is 10.7. The number of hydrogen-bond acceptors (Lipinski definition) is 3. The van der Waals surface area contributed by atoms with E-state index in [0.29, 0.717) is 5.69 Å². The number of H-pyrrole nitrogens is 1. The van der Waals surface area contributed by atoms with Gasteiger partial charge in [-0.15, -0.1) is 0 Å². The number of benzene rings is 1. The lowest BCUT2D eigenvalue weighted by Crippen LogP contribution is -1.95. The van der Waals surface area contributed by atoms with Crippen LogP contribution in [0.1, 0.15) is 29.1 Å². The van der Waals surface area contributed by atoms with E-state index in [1.165, 1.54) is 6.07 Å². The van der Waals surface area contributed by atoms with E-state index < -0.39 is 12.1 Å². The highest BCUT2D eigenvalue weighted by molar-refractivity contribution is 5.86. The van der Waals surface area contributed by atoms with E-state index in [0.717, 1.165) is 11.1 Å². The van der Waals surface area contributed by atoms with Crippen LogP contribution in [-0.4, -0.2) is 26.4 Å². The second-order valence-corrected chi connectivity index (χ2v) is 3.77. The summed E-state index contributed by atoms with van der Waals surface area (Å²) < 4.78 is 0. The van der Waals surface area contributed by atoms with Crippen LogP contribution in [0.3, 0.4) is 0 Å². The van der Waals surface area contributed by atoms with E-state index in [-0.39, 0.29) is 5.69 Å². The summed E-state index contributed by atoms with van der Waals surface area (Å²) in [6, 6.07) is 8.64. The van der Waals surface area contributed by atoms with Crippen molar-refractivity contribution >= 4 is 5.97 Å². The molecule has 0 fully saturated rings. The zero-order valence-electron chi connectivity index (χ0n) is 9.21. The van der Waals surface area contributed by atoms with Gasteiger partial charge in [-0.25, -0.2) is 4.79 Å². The Labute approximate surface area is 97.7 Å². The number of aromatic nitrogens is 2. The molecule has 0 spiro atoms. The maximum Gasteiger partial charge on any atom is 0.353 e. The number of rotatable bonds is 3. The lowest BCUT2D eigenvalue weighted by atomic mass is 10.1. The molecule has 3 N–H and O–H groups in total. The van der Waals surface area contributed by atoms with Crippen molar-refractivity contribution in [1.82, 2.24) is 10.2 Å². The second kappa shape index (κ2) is 4.39.